The van der Waals surface area contributed by atoms with E-state index in [0.717, 1.165) is 68.2 Å². The van der Waals surface area contributed by atoms with Gasteiger partial charge in [0, 0.05) is 30.6 Å². The average Bonchev–Trinajstić information content (AvgIpc) is 3.40. The number of nitrogens with zero attached hydrogens (tertiary/aromatic N) is 3. The van der Waals surface area contributed by atoms with E-state index in [1.807, 2.05) is 18.2 Å². The van der Waals surface area contributed by atoms with Crippen molar-refractivity contribution in [2.45, 2.75) is 109 Å². The number of rotatable bonds is 13. The molecule has 2 fully saturated rings. The Morgan fingerprint density at radius 3 is 2.21 bits per heavy atom. The smallest absolute Gasteiger partial charge is 0.251 e. The molecule has 5 rings (SSSR count). The summed E-state index contributed by atoms with van der Waals surface area (Å²) in [4.78, 5) is 34.0. The highest BCUT2D eigenvalue weighted by atomic mass is 16.5. The minimum Gasteiger partial charge on any atom is -0.493 e. The number of para-hydroxylation sites is 2. The summed E-state index contributed by atoms with van der Waals surface area (Å²) in [5.41, 5.74) is 2.54. The normalized spacial score (nSPS) is 16.2. The van der Waals surface area contributed by atoms with Crippen LogP contribution in [-0.4, -0.2) is 59.1 Å². The number of aromatic nitrogens is 2. The maximum Gasteiger partial charge on any atom is 0.251 e. The van der Waals surface area contributed by atoms with Gasteiger partial charge in [0.2, 0.25) is 5.91 Å². The van der Waals surface area contributed by atoms with Gasteiger partial charge in [0.25, 0.3) is 5.91 Å². The molecule has 1 N–H and O–H groups in total. The Bertz CT molecular complexity index is 1340. The summed E-state index contributed by atoms with van der Waals surface area (Å²) in [6.07, 6.45) is 15.6. The fraction of sp³-hybridized carbons (Fsp3) is 0.571. The van der Waals surface area contributed by atoms with Gasteiger partial charge in [0.15, 0.2) is 11.5 Å². The maximum atomic E-state index is 14.1. The number of aryl methyl sites for hydroxylation is 1. The van der Waals surface area contributed by atoms with Crippen molar-refractivity contribution >= 4 is 22.8 Å². The largest absolute Gasteiger partial charge is 0.493 e. The van der Waals surface area contributed by atoms with Crippen LogP contribution >= 0.6 is 0 Å². The van der Waals surface area contributed by atoms with Crippen LogP contribution < -0.4 is 14.8 Å². The van der Waals surface area contributed by atoms with Gasteiger partial charge in [-0.2, -0.15) is 0 Å². The Hall–Kier alpha value is -3.55. The van der Waals surface area contributed by atoms with Gasteiger partial charge in [-0.05, 0) is 68.9 Å². The third kappa shape index (κ3) is 7.70. The van der Waals surface area contributed by atoms with Crippen molar-refractivity contribution in [3.63, 3.8) is 0 Å². The second-order valence-electron chi connectivity index (χ2n) is 12.1. The van der Waals surface area contributed by atoms with E-state index >= 15 is 0 Å². The maximum absolute atomic E-state index is 14.1. The van der Waals surface area contributed by atoms with Crippen LogP contribution in [0.1, 0.15) is 99.7 Å². The van der Waals surface area contributed by atoms with Crippen molar-refractivity contribution in [3.8, 4) is 11.5 Å². The summed E-state index contributed by atoms with van der Waals surface area (Å²) in [6, 6.07) is 14.1. The van der Waals surface area contributed by atoms with Crippen LogP contribution in [0.4, 0.5) is 0 Å². The number of nitrogens with one attached hydrogen (secondary N) is 1. The number of hydrogen-bond acceptors (Lipinski definition) is 5. The number of carbonyl (C=O) groups excluding carboxylic acids is 2. The zero-order chi connectivity index (χ0) is 30.0. The van der Waals surface area contributed by atoms with E-state index in [4.69, 9.17) is 14.5 Å². The molecule has 232 valence electrons. The molecular weight excluding hydrogens is 540 g/mol. The third-order valence-electron chi connectivity index (χ3n) is 9.26. The van der Waals surface area contributed by atoms with E-state index in [9.17, 15) is 9.59 Å². The lowest BCUT2D eigenvalue weighted by Crippen LogP contribution is -2.50. The zero-order valence-corrected chi connectivity index (χ0v) is 26.0. The van der Waals surface area contributed by atoms with Crippen LogP contribution in [0.15, 0.2) is 42.5 Å². The first kappa shape index (κ1) is 30.9. The Kier molecular flexibility index (Phi) is 11.0. The highest BCUT2D eigenvalue weighted by Crippen LogP contribution is 2.31. The summed E-state index contributed by atoms with van der Waals surface area (Å²) in [5, 5.41) is 3.01. The Morgan fingerprint density at radius 1 is 0.860 bits per heavy atom. The van der Waals surface area contributed by atoms with Crippen molar-refractivity contribution in [1.29, 1.82) is 0 Å². The first-order valence-corrected chi connectivity index (χ1v) is 16.3. The topological polar surface area (TPSA) is 85.7 Å². The summed E-state index contributed by atoms with van der Waals surface area (Å²) < 4.78 is 12.8. The van der Waals surface area contributed by atoms with Gasteiger partial charge in [-0.15, -0.1) is 0 Å². The standard InChI is InChI=1S/C35H48N4O4/c1-42-31-22-21-26(24-32(31)43-2)35(41)36-23-13-5-10-20-33-37-29-18-11-12-19-30(29)38(33)25-34(40)39(27-14-6-3-7-15-27)28-16-8-4-9-17-28/h11-12,18-19,21-22,24,27-28H,3-10,13-17,20,23,25H2,1-2H3,(H,36,41). The molecule has 0 radical (unpaired) electrons. The number of hydrogen-bond donors (Lipinski definition) is 1. The summed E-state index contributed by atoms with van der Waals surface area (Å²) in [5.74, 6) is 2.26. The van der Waals surface area contributed by atoms with Gasteiger partial charge in [0.1, 0.15) is 12.4 Å². The predicted molar refractivity (Wildman–Crippen MR) is 170 cm³/mol. The molecule has 0 bridgehead atoms. The van der Waals surface area contributed by atoms with Crippen LogP contribution in [0.5, 0.6) is 11.5 Å². The number of fused-ring (bicyclic) bond motifs is 1. The third-order valence-corrected chi connectivity index (χ3v) is 9.26. The van der Waals surface area contributed by atoms with Gasteiger partial charge in [-0.25, -0.2) is 4.98 Å². The molecule has 8 heteroatoms. The zero-order valence-electron chi connectivity index (χ0n) is 26.0. The minimum absolute atomic E-state index is 0.123. The SMILES string of the molecule is COc1ccc(C(=O)NCCCCCc2nc3ccccc3n2CC(=O)N(C2CCCCC2)C2CCCCC2)cc1OC. The fourth-order valence-corrected chi connectivity index (χ4v) is 7.00. The number of benzene rings is 2. The molecule has 2 aromatic carbocycles. The van der Waals surface area contributed by atoms with Crippen LogP contribution in [0.25, 0.3) is 11.0 Å². The van der Waals surface area contributed by atoms with Gasteiger partial charge < -0.3 is 24.3 Å². The highest BCUT2D eigenvalue weighted by Gasteiger charge is 2.33. The first-order chi connectivity index (χ1) is 21.1. The van der Waals surface area contributed by atoms with Crippen LogP contribution in [0.3, 0.4) is 0 Å². The number of unbranched alkanes of at least 4 members (excludes halogenated alkanes) is 2. The molecular formula is C35H48N4O4. The number of ether oxygens (including phenoxy) is 2. The minimum atomic E-state index is -0.123. The monoisotopic (exact) mass is 588 g/mol. The van der Waals surface area contributed by atoms with Gasteiger partial charge >= 0.3 is 0 Å². The number of imidazole rings is 1. The number of methoxy groups -OCH3 is 2. The molecule has 0 saturated heterocycles. The molecule has 2 aliphatic carbocycles. The molecule has 0 spiro atoms. The van der Waals surface area contributed by atoms with Gasteiger partial charge in [0.05, 0.1) is 25.3 Å². The number of carbonyl (C=O) groups is 2. The highest BCUT2D eigenvalue weighted by molar-refractivity contribution is 5.94. The van der Waals surface area contributed by atoms with E-state index < -0.39 is 0 Å². The van der Waals surface area contributed by atoms with Crippen molar-refractivity contribution in [2.24, 2.45) is 0 Å². The fourth-order valence-electron chi connectivity index (χ4n) is 7.00. The predicted octanol–water partition coefficient (Wildman–Crippen LogP) is 6.69. The summed E-state index contributed by atoms with van der Waals surface area (Å²) >= 11 is 0. The Morgan fingerprint density at radius 2 is 1.53 bits per heavy atom. The van der Waals surface area contributed by atoms with Crippen molar-refractivity contribution in [2.75, 3.05) is 20.8 Å². The van der Waals surface area contributed by atoms with E-state index in [1.54, 1.807) is 32.4 Å². The lowest BCUT2D eigenvalue weighted by Gasteiger charge is -2.42. The molecule has 0 unspecified atom stereocenters. The molecule has 43 heavy (non-hydrogen) atoms. The molecule has 1 aromatic heterocycles. The molecule has 0 atom stereocenters. The van der Waals surface area contributed by atoms with Crippen molar-refractivity contribution in [1.82, 2.24) is 19.8 Å². The van der Waals surface area contributed by atoms with Crippen LogP contribution in [-0.2, 0) is 17.8 Å². The molecule has 0 aliphatic heterocycles. The van der Waals surface area contributed by atoms with Crippen molar-refractivity contribution < 1.29 is 19.1 Å². The van der Waals surface area contributed by atoms with E-state index in [-0.39, 0.29) is 11.8 Å². The number of amides is 2. The van der Waals surface area contributed by atoms with Crippen LogP contribution in [0, 0.1) is 0 Å². The van der Waals surface area contributed by atoms with E-state index in [0.29, 0.717) is 42.2 Å². The molecule has 1 heterocycles. The second-order valence-corrected chi connectivity index (χ2v) is 12.1. The lowest BCUT2D eigenvalue weighted by atomic mass is 9.88. The second kappa shape index (κ2) is 15.3. The van der Waals surface area contributed by atoms with E-state index in [1.165, 1.54) is 38.5 Å². The lowest BCUT2D eigenvalue weighted by molar-refractivity contribution is -0.138. The average molecular weight is 589 g/mol. The molecule has 3 aromatic rings. The molecule has 2 saturated carbocycles. The van der Waals surface area contributed by atoms with Gasteiger partial charge in [-0.3, -0.25) is 9.59 Å². The quantitative estimate of drug-likeness (QED) is 0.225. The molecule has 2 aliphatic rings. The van der Waals surface area contributed by atoms with Crippen molar-refractivity contribution in [3.05, 3.63) is 53.9 Å². The first-order valence-electron chi connectivity index (χ1n) is 16.3. The Balaban J connectivity index is 1.19. The summed E-state index contributed by atoms with van der Waals surface area (Å²) in [7, 11) is 3.14. The summed E-state index contributed by atoms with van der Waals surface area (Å²) in [6.45, 7) is 0.962. The Labute approximate surface area is 256 Å². The van der Waals surface area contributed by atoms with Gasteiger partial charge in [-0.1, -0.05) is 57.1 Å². The molecule has 2 amide bonds. The molecule has 8 nitrogen and oxygen atoms in total. The van der Waals surface area contributed by atoms with Crippen LogP contribution in [0.2, 0.25) is 0 Å². The van der Waals surface area contributed by atoms with E-state index in [2.05, 4.69) is 20.9 Å².